The maximum absolute atomic E-state index is 12.2. The van der Waals surface area contributed by atoms with E-state index in [9.17, 15) is 9.59 Å². The van der Waals surface area contributed by atoms with Gasteiger partial charge in [0.05, 0.1) is 11.1 Å². The van der Waals surface area contributed by atoms with Gasteiger partial charge in [0.1, 0.15) is 0 Å². The van der Waals surface area contributed by atoms with Gasteiger partial charge >= 0.3 is 0 Å². The van der Waals surface area contributed by atoms with Crippen LogP contribution in [-0.2, 0) is 0 Å². The van der Waals surface area contributed by atoms with Crippen LogP contribution in [0.15, 0.2) is 34.7 Å². The maximum Gasteiger partial charge on any atom is 0.272 e. The van der Waals surface area contributed by atoms with E-state index in [0.717, 1.165) is 16.9 Å². The maximum atomic E-state index is 12.2. The van der Waals surface area contributed by atoms with Gasteiger partial charge in [-0.3, -0.25) is 9.59 Å². The van der Waals surface area contributed by atoms with Crippen molar-refractivity contribution in [3.8, 4) is 0 Å². The molecule has 1 heterocycles. The number of amides is 2. The molecule has 100 valence electrons. The largest absolute Gasteiger partial charge is 0.272 e. The van der Waals surface area contributed by atoms with Gasteiger partial charge in [-0.1, -0.05) is 44.5 Å². The van der Waals surface area contributed by atoms with Gasteiger partial charge in [0, 0.05) is 10.4 Å². The third-order valence-electron chi connectivity index (χ3n) is 2.78. The molecule has 0 saturated carbocycles. The van der Waals surface area contributed by atoms with Gasteiger partial charge in [-0.2, -0.15) is 0 Å². The van der Waals surface area contributed by atoms with Crippen molar-refractivity contribution in [2.45, 2.75) is 20.8 Å². The summed E-state index contributed by atoms with van der Waals surface area (Å²) in [6.07, 6.45) is 0. The van der Waals surface area contributed by atoms with Crippen molar-refractivity contribution in [1.29, 1.82) is 0 Å². The summed E-state index contributed by atoms with van der Waals surface area (Å²) in [7, 11) is 0. The second kappa shape index (κ2) is 5.02. The number of carbonyl (C=O) groups is 2. The number of rotatable bonds is 2. The fourth-order valence-electron chi connectivity index (χ4n) is 1.67. The molecule has 19 heavy (non-hydrogen) atoms. The molecule has 0 atom stereocenters. The molecule has 0 fully saturated rings. The summed E-state index contributed by atoms with van der Waals surface area (Å²) >= 11 is 6.90. The summed E-state index contributed by atoms with van der Waals surface area (Å²) in [5.74, 6) is -0.572. The molecule has 0 radical (unpaired) electrons. The summed E-state index contributed by atoms with van der Waals surface area (Å²) in [5.41, 5.74) is 2.10. The summed E-state index contributed by atoms with van der Waals surface area (Å²) in [4.78, 5) is 25.2. The third-order valence-corrected chi connectivity index (χ3v) is 4.57. The van der Waals surface area contributed by atoms with Crippen molar-refractivity contribution >= 4 is 35.4 Å². The SMILES string of the molecule is CC(C)(C)/C(=C\Cl)SN1C(=O)c2ccccc2C1=O. The molecule has 0 spiro atoms. The average Bonchev–Trinajstić information content (AvgIpc) is 2.59. The number of nitrogens with zero attached hydrogens (tertiary/aromatic N) is 1. The van der Waals surface area contributed by atoms with Crippen LogP contribution in [-0.4, -0.2) is 16.1 Å². The molecule has 1 aliphatic rings. The van der Waals surface area contributed by atoms with E-state index in [4.69, 9.17) is 11.6 Å². The quantitative estimate of drug-likeness (QED) is 0.610. The smallest absolute Gasteiger partial charge is 0.268 e. The Kier molecular flexibility index (Phi) is 3.74. The number of hydrogen-bond donors (Lipinski definition) is 0. The molecule has 0 saturated heterocycles. The summed E-state index contributed by atoms with van der Waals surface area (Å²) in [6.45, 7) is 5.94. The molecule has 2 rings (SSSR count). The van der Waals surface area contributed by atoms with Gasteiger partial charge in [-0.25, -0.2) is 4.31 Å². The highest BCUT2D eigenvalue weighted by Crippen LogP contribution is 2.40. The lowest BCUT2D eigenvalue weighted by atomic mass is 9.97. The lowest BCUT2D eigenvalue weighted by molar-refractivity contribution is 0.0777. The number of halogens is 1. The standard InChI is InChI=1S/C14H14ClNO2S/c1-14(2,3)11(8-15)19-16-12(17)9-6-4-5-7-10(9)13(16)18/h4-8H,1-3H3/b11-8+. The van der Waals surface area contributed by atoms with E-state index in [2.05, 4.69) is 0 Å². The minimum atomic E-state index is -0.286. The highest BCUT2D eigenvalue weighted by atomic mass is 35.5. The van der Waals surface area contributed by atoms with Crippen LogP contribution in [0.2, 0.25) is 0 Å². The lowest BCUT2D eigenvalue weighted by Crippen LogP contribution is -2.24. The normalized spacial score (nSPS) is 16.0. The van der Waals surface area contributed by atoms with Crippen molar-refractivity contribution in [1.82, 2.24) is 4.31 Å². The zero-order valence-electron chi connectivity index (χ0n) is 10.9. The molecule has 1 aliphatic heterocycles. The topological polar surface area (TPSA) is 37.4 Å². The molecule has 1 aromatic rings. The monoisotopic (exact) mass is 295 g/mol. The highest BCUT2D eigenvalue weighted by molar-refractivity contribution is 8.02. The second-order valence-corrected chi connectivity index (χ2v) is 6.47. The molecular formula is C14H14ClNO2S. The van der Waals surface area contributed by atoms with E-state index < -0.39 is 0 Å². The first kappa shape index (κ1) is 14.2. The molecule has 0 unspecified atom stereocenters. The van der Waals surface area contributed by atoms with Gasteiger partial charge in [-0.15, -0.1) is 0 Å². The number of benzene rings is 1. The lowest BCUT2D eigenvalue weighted by Gasteiger charge is -2.24. The van der Waals surface area contributed by atoms with Crippen molar-refractivity contribution in [3.63, 3.8) is 0 Å². The van der Waals surface area contributed by atoms with Crippen LogP contribution in [0, 0.1) is 5.41 Å². The molecule has 3 nitrogen and oxygen atoms in total. The van der Waals surface area contributed by atoms with Crippen LogP contribution in [0.25, 0.3) is 0 Å². The van der Waals surface area contributed by atoms with Crippen LogP contribution in [0.5, 0.6) is 0 Å². The first-order chi connectivity index (χ1) is 8.86. The number of hydrogen-bond acceptors (Lipinski definition) is 3. The zero-order chi connectivity index (χ0) is 14.2. The van der Waals surface area contributed by atoms with Crippen LogP contribution in [0.4, 0.5) is 0 Å². The Balaban J connectivity index is 2.31. The Labute approximate surface area is 121 Å². The molecule has 0 bridgehead atoms. The van der Waals surface area contributed by atoms with Gasteiger partial charge in [0.2, 0.25) is 0 Å². The molecule has 0 N–H and O–H groups in total. The average molecular weight is 296 g/mol. The first-order valence-electron chi connectivity index (χ1n) is 5.83. The molecule has 1 aromatic carbocycles. The predicted octanol–water partition coefficient (Wildman–Crippen LogP) is 4.06. The van der Waals surface area contributed by atoms with Gasteiger partial charge in [0.25, 0.3) is 11.8 Å². The van der Waals surface area contributed by atoms with E-state index in [0.29, 0.717) is 11.1 Å². The van der Waals surface area contributed by atoms with E-state index in [1.807, 2.05) is 20.8 Å². The molecule has 2 amide bonds. The minimum absolute atomic E-state index is 0.220. The Bertz CT molecular complexity index is 540. The van der Waals surface area contributed by atoms with Crippen molar-refractivity contribution in [3.05, 3.63) is 45.8 Å². The Hall–Kier alpha value is -1.26. The fourth-order valence-corrected chi connectivity index (χ4v) is 2.99. The van der Waals surface area contributed by atoms with Gasteiger partial charge in [0.15, 0.2) is 0 Å². The number of carbonyl (C=O) groups excluding carboxylic acids is 2. The second-order valence-electron chi connectivity index (χ2n) is 5.26. The van der Waals surface area contributed by atoms with E-state index in [-0.39, 0.29) is 17.2 Å². The first-order valence-corrected chi connectivity index (χ1v) is 7.04. The molecule has 0 aromatic heterocycles. The number of fused-ring (bicyclic) bond motifs is 1. The third kappa shape index (κ3) is 2.55. The zero-order valence-corrected chi connectivity index (χ0v) is 12.5. The Morgan fingerprint density at radius 1 is 1.16 bits per heavy atom. The summed E-state index contributed by atoms with van der Waals surface area (Å²) in [5, 5.41) is 0. The van der Waals surface area contributed by atoms with E-state index in [1.54, 1.807) is 24.3 Å². The molecular weight excluding hydrogens is 282 g/mol. The van der Waals surface area contributed by atoms with Crippen molar-refractivity contribution < 1.29 is 9.59 Å². The number of imide groups is 1. The minimum Gasteiger partial charge on any atom is -0.268 e. The van der Waals surface area contributed by atoms with Gasteiger partial charge in [-0.05, 0) is 29.5 Å². The molecule has 0 aliphatic carbocycles. The Morgan fingerprint density at radius 3 is 2.00 bits per heavy atom. The summed E-state index contributed by atoms with van der Waals surface area (Å²) < 4.78 is 1.17. The Morgan fingerprint density at radius 2 is 1.63 bits per heavy atom. The van der Waals surface area contributed by atoms with Crippen LogP contribution < -0.4 is 0 Å². The number of allylic oxidation sites excluding steroid dienone is 1. The highest BCUT2D eigenvalue weighted by Gasteiger charge is 2.37. The predicted molar refractivity (Wildman–Crippen MR) is 77.9 cm³/mol. The molecule has 5 heteroatoms. The van der Waals surface area contributed by atoms with E-state index >= 15 is 0 Å². The van der Waals surface area contributed by atoms with Gasteiger partial charge < -0.3 is 0 Å². The van der Waals surface area contributed by atoms with Crippen LogP contribution in [0.3, 0.4) is 0 Å². The van der Waals surface area contributed by atoms with Crippen molar-refractivity contribution in [2.24, 2.45) is 5.41 Å². The van der Waals surface area contributed by atoms with E-state index in [1.165, 1.54) is 9.84 Å². The summed E-state index contributed by atoms with van der Waals surface area (Å²) in [6, 6.07) is 6.83. The van der Waals surface area contributed by atoms with Crippen LogP contribution >= 0.6 is 23.5 Å². The van der Waals surface area contributed by atoms with Crippen LogP contribution in [0.1, 0.15) is 41.5 Å². The van der Waals surface area contributed by atoms with Crippen molar-refractivity contribution in [2.75, 3.05) is 0 Å². The fraction of sp³-hybridized carbons (Fsp3) is 0.286.